The zero-order valence-electron chi connectivity index (χ0n) is 14.0. The van der Waals surface area contributed by atoms with E-state index in [9.17, 15) is 14.9 Å². The molecule has 1 aliphatic heterocycles. The average Bonchev–Trinajstić information content (AvgIpc) is 2.49. The van der Waals surface area contributed by atoms with Gasteiger partial charge in [0.05, 0.1) is 12.2 Å². The summed E-state index contributed by atoms with van der Waals surface area (Å²) in [7, 11) is 2.91. The molecule has 2 rings (SSSR count). The van der Waals surface area contributed by atoms with Gasteiger partial charge in [0.1, 0.15) is 11.9 Å². The van der Waals surface area contributed by atoms with Crippen LogP contribution in [0.2, 0.25) is 0 Å². The molecule has 1 aromatic heterocycles. The highest BCUT2D eigenvalue weighted by molar-refractivity contribution is 5.51. The van der Waals surface area contributed by atoms with E-state index in [0.29, 0.717) is 6.54 Å². The predicted octanol–water partition coefficient (Wildman–Crippen LogP) is -0.523. The molecule has 8 nitrogen and oxygen atoms in total. The Morgan fingerprint density at radius 2 is 1.83 bits per heavy atom. The molecule has 1 aliphatic rings. The number of nitrogens with one attached hydrogen (secondary N) is 1. The molecule has 0 saturated carbocycles. The molecular weight excluding hydrogens is 298 g/mol. The molecule has 0 aliphatic carbocycles. The molecule has 0 radical (unpaired) electrons. The fourth-order valence-electron chi connectivity index (χ4n) is 2.95. The highest BCUT2D eigenvalue weighted by Gasteiger charge is 2.22. The molecule has 0 aromatic carbocycles. The molecular formula is C15H23N5O3. The minimum atomic E-state index is -0.577. The van der Waals surface area contributed by atoms with Crippen LogP contribution in [0.1, 0.15) is 19.4 Å². The molecule has 2 heterocycles. The molecule has 1 saturated heterocycles. The highest BCUT2D eigenvalue weighted by Crippen LogP contribution is 2.11. The van der Waals surface area contributed by atoms with Gasteiger partial charge in [-0.25, -0.2) is 4.79 Å². The van der Waals surface area contributed by atoms with E-state index >= 15 is 0 Å². The Kier molecular flexibility index (Phi) is 5.23. The highest BCUT2D eigenvalue weighted by atomic mass is 16.5. The molecule has 2 atom stereocenters. The molecule has 1 fully saturated rings. The van der Waals surface area contributed by atoms with Crippen molar-refractivity contribution in [3.8, 4) is 6.07 Å². The Bertz CT molecular complexity index is 720. The summed E-state index contributed by atoms with van der Waals surface area (Å²) in [4.78, 5) is 26.2. The number of aromatic nitrogens is 2. The van der Waals surface area contributed by atoms with Crippen molar-refractivity contribution in [1.82, 2.24) is 14.0 Å². The van der Waals surface area contributed by atoms with Crippen LogP contribution in [-0.2, 0) is 18.8 Å². The maximum atomic E-state index is 12.0. The summed E-state index contributed by atoms with van der Waals surface area (Å²) in [6.07, 6.45) is 0.364. The first-order valence-electron chi connectivity index (χ1n) is 7.67. The molecule has 0 bridgehead atoms. The van der Waals surface area contributed by atoms with E-state index < -0.39 is 11.2 Å². The lowest BCUT2D eigenvalue weighted by atomic mass is 10.2. The lowest BCUT2D eigenvalue weighted by Gasteiger charge is -2.35. The van der Waals surface area contributed by atoms with Crippen molar-refractivity contribution in [2.45, 2.75) is 26.1 Å². The number of morpholine rings is 1. The molecule has 0 unspecified atom stereocenters. The van der Waals surface area contributed by atoms with Gasteiger partial charge in [-0.1, -0.05) is 0 Å². The van der Waals surface area contributed by atoms with Gasteiger partial charge in [-0.15, -0.1) is 0 Å². The Morgan fingerprint density at radius 1 is 1.22 bits per heavy atom. The van der Waals surface area contributed by atoms with Crippen LogP contribution in [0.15, 0.2) is 9.59 Å². The molecule has 1 N–H and O–H groups in total. The number of rotatable bonds is 4. The summed E-state index contributed by atoms with van der Waals surface area (Å²) < 4.78 is 7.92. The van der Waals surface area contributed by atoms with E-state index in [-0.39, 0.29) is 23.6 Å². The second-order valence-corrected chi connectivity index (χ2v) is 5.98. The van der Waals surface area contributed by atoms with Gasteiger partial charge < -0.3 is 10.1 Å². The zero-order chi connectivity index (χ0) is 17.1. The van der Waals surface area contributed by atoms with Crippen LogP contribution >= 0.6 is 0 Å². The zero-order valence-corrected chi connectivity index (χ0v) is 14.0. The summed E-state index contributed by atoms with van der Waals surface area (Å²) in [6, 6.07) is 1.89. The van der Waals surface area contributed by atoms with Crippen LogP contribution < -0.4 is 16.6 Å². The van der Waals surface area contributed by atoms with Crippen LogP contribution in [0.25, 0.3) is 0 Å². The minimum absolute atomic E-state index is 0.0432. The maximum absolute atomic E-state index is 12.0. The van der Waals surface area contributed by atoms with Gasteiger partial charge in [0.25, 0.3) is 5.56 Å². The SMILES string of the molecule is C[C@@H]1CN(CCNc2c(C#N)c(=O)n(C)c(=O)n2C)C[C@H](C)O1. The van der Waals surface area contributed by atoms with Crippen molar-refractivity contribution in [2.24, 2.45) is 14.1 Å². The molecule has 8 heteroatoms. The van der Waals surface area contributed by atoms with E-state index in [1.54, 1.807) is 7.05 Å². The molecule has 0 spiro atoms. The van der Waals surface area contributed by atoms with Gasteiger partial charge in [-0.3, -0.25) is 18.8 Å². The molecule has 126 valence electrons. The first-order valence-corrected chi connectivity index (χ1v) is 7.67. The van der Waals surface area contributed by atoms with Crippen LogP contribution in [0, 0.1) is 11.3 Å². The Balaban J connectivity index is 2.11. The smallest absolute Gasteiger partial charge is 0.332 e. The van der Waals surface area contributed by atoms with Gasteiger partial charge in [0.2, 0.25) is 0 Å². The van der Waals surface area contributed by atoms with Crippen molar-refractivity contribution in [3.05, 3.63) is 26.4 Å². The summed E-state index contributed by atoms with van der Waals surface area (Å²) in [6.45, 7) is 7.03. The summed E-state index contributed by atoms with van der Waals surface area (Å²) >= 11 is 0. The topological polar surface area (TPSA) is 92.3 Å². The Hall–Kier alpha value is -2.11. The van der Waals surface area contributed by atoms with E-state index in [1.807, 2.05) is 19.9 Å². The monoisotopic (exact) mass is 321 g/mol. The number of nitrogens with zero attached hydrogens (tertiary/aromatic N) is 4. The Morgan fingerprint density at radius 3 is 2.39 bits per heavy atom. The minimum Gasteiger partial charge on any atom is -0.373 e. The number of ether oxygens (including phenoxy) is 1. The molecule has 23 heavy (non-hydrogen) atoms. The van der Waals surface area contributed by atoms with Crippen LogP contribution in [0.3, 0.4) is 0 Å². The number of nitriles is 1. The number of hydrogen-bond donors (Lipinski definition) is 1. The van der Waals surface area contributed by atoms with Crippen molar-refractivity contribution >= 4 is 5.82 Å². The second kappa shape index (κ2) is 6.98. The average molecular weight is 321 g/mol. The molecule has 0 amide bonds. The van der Waals surface area contributed by atoms with Crippen molar-refractivity contribution < 1.29 is 4.74 Å². The lowest BCUT2D eigenvalue weighted by Crippen LogP contribution is -2.47. The van der Waals surface area contributed by atoms with Crippen molar-refractivity contribution in [2.75, 3.05) is 31.5 Å². The van der Waals surface area contributed by atoms with Gasteiger partial charge in [-0.05, 0) is 13.8 Å². The number of hydrogen-bond acceptors (Lipinski definition) is 6. The summed E-state index contributed by atoms with van der Waals surface area (Å²) in [5.41, 5.74) is -1.07. The van der Waals surface area contributed by atoms with Crippen LogP contribution in [0.5, 0.6) is 0 Å². The van der Waals surface area contributed by atoms with Crippen LogP contribution in [0.4, 0.5) is 5.82 Å². The quantitative estimate of drug-likeness (QED) is 0.802. The predicted molar refractivity (Wildman–Crippen MR) is 86.6 cm³/mol. The summed E-state index contributed by atoms with van der Waals surface area (Å²) in [5.74, 6) is 0.273. The van der Waals surface area contributed by atoms with Gasteiger partial charge in [0.15, 0.2) is 5.56 Å². The van der Waals surface area contributed by atoms with Crippen molar-refractivity contribution in [3.63, 3.8) is 0 Å². The maximum Gasteiger partial charge on any atom is 0.332 e. The molecule has 1 aromatic rings. The third-order valence-corrected chi connectivity index (χ3v) is 3.99. The van der Waals surface area contributed by atoms with Crippen molar-refractivity contribution in [1.29, 1.82) is 5.26 Å². The Labute approximate surface area is 134 Å². The van der Waals surface area contributed by atoms with E-state index in [2.05, 4.69) is 10.2 Å². The first kappa shape index (κ1) is 17.2. The van der Waals surface area contributed by atoms with Gasteiger partial charge >= 0.3 is 5.69 Å². The summed E-state index contributed by atoms with van der Waals surface area (Å²) in [5, 5.41) is 12.3. The third-order valence-electron chi connectivity index (χ3n) is 3.99. The standard InChI is InChI=1S/C15H23N5O3/c1-10-8-20(9-11(2)23-10)6-5-17-13-12(7-16)14(21)19(4)15(22)18(13)3/h10-11,17H,5-6,8-9H2,1-4H3/t10-,11+. The third kappa shape index (κ3) is 3.63. The van der Waals surface area contributed by atoms with Gasteiger partial charge in [-0.2, -0.15) is 5.26 Å². The lowest BCUT2D eigenvalue weighted by molar-refractivity contribution is -0.0667. The van der Waals surface area contributed by atoms with E-state index in [1.165, 1.54) is 11.6 Å². The van der Waals surface area contributed by atoms with E-state index in [0.717, 1.165) is 24.2 Å². The first-order chi connectivity index (χ1) is 10.8. The fraction of sp³-hybridized carbons (Fsp3) is 0.667. The van der Waals surface area contributed by atoms with Crippen LogP contribution in [-0.4, -0.2) is 52.4 Å². The fourth-order valence-corrected chi connectivity index (χ4v) is 2.95. The largest absolute Gasteiger partial charge is 0.373 e. The normalized spacial score (nSPS) is 21.9. The second-order valence-electron chi connectivity index (χ2n) is 5.98. The van der Waals surface area contributed by atoms with E-state index in [4.69, 9.17) is 4.74 Å². The van der Waals surface area contributed by atoms with Gasteiger partial charge in [0, 0.05) is 40.3 Å². The number of anilines is 1.